The first-order valence-corrected chi connectivity index (χ1v) is 9.89. The van der Waals surface area contributed by atoms with Crippen LogP contribution in [0.3, 0.4) is 0 Å². The van der Waals surface area contributed by atoms with Crippen molar-refractivity contribution in [1.82, 2.24) is 0 Å². The maximum absolute atomic E-state index is 12.5. The van der Waals surface area contributed by atoms with E-state index in [-0.39, 0.29) is 11.7 Å². The highest BCUT2D eigenvalue weighted by Crippen LogP contribution is 2.27. The third-order valence-corrected chi connectivity index (χ3v) is 5.26. The summed E-state index contributed by atoms with van der Waals surface area (Å²) >= 11 is 7.50. The minimum atomic E-state index is -0.252. The van der Waals surface area contributed by atoms with Gasteiger partial charge in [-0.25, -0.2) is 0 Å². The Kier molecular flexibility index (Phi) is 6.74. The molecule has 0 aromatic heterocycles. The molecule has 4 nitrogen and oxygen atoms in total. The van der Waals surface area contributed by atoms with E-state index in [1.54, 1.807) is 48.5 Å². The van der Waals surface area contributed by atoms with Crippen LogP contribution in [0.25, 0.3) is 0 Å². The summed E-state index contributed by atoms with van der Waals surface area (Å²) in [5, 5.41) is 3.23. The van der Waals surface area contributed by atoms with E-state index in [9.17, 15) is 9.59 Å². The number of hydrogen-bond donors (Lipinski definition) is 1. The number of nitrogens with one attached hydrogen (secondary N) is 1. The van der Waals surface area contributed by atoms with E-state index < -0.39 is 0 Å². The number of halogens is 1. The number of carbonyl (C=O) groups is 2. The van der Waals surface area contributed by atoms with Gasteiger partial charge in [0.2, 0.25) is 0 Å². The van der Waals surface area contributed by atoms with Crippen LogP contribution in [0, 0.1) is 0 Å². The van der Waals surface area contributed by atoms with Crippen LogP contribution in [-0.4, -0.2) is 24.6 Å². The van der Waals surface area contributed by atoms with E-state index in [2.05, 4.69) is 5.32 Å². The van der Waals surface area contributed by atoms with E-state index in [4.69, 9.17) is 16.3 Å². The number of rotatable bonds is 7. The van der Waals surface area contributed by atoms with Crippen molar-refractivity contribution in [2.24, 2.45) is 0 Å². The van der Waals surface area contributed by atoms with Gasteiger partial charge in [0.05, 0.1) is 17.9 Å². The van der Waals surface area contributed by atoms with E-state index >= 15 is 0 Å². The van der Waals surface area contributed by atoms with Crippen molar-refractivity contribution in [2.75, 3.05) is 18.2 Å². The molecule has 0 aliphatic heterocycles. The van der Waals surface area contributed by atoms with Gasteiger partial charge in [-0.05, 0) is 36.4 Å². The van der Waals surface area contributed by atoms with Crippen LogP contribution in [-0.2, 0) is 0 Å². The van der Waals surface area contributed by atoms with Crippen molar-refractivity contribution in [3.63, 3.8) is 0 Å². The highest BCUT2D eigenvalue weighted by atomic mass is 35.5. The lowest BCUT2D eigenvalue weighted by Crippen LogP contribution is -2.12. The van der Waals surface area contributed by atoms with Crippen LogP contribution >= 0.6 is 23.4 Å². The zero-order valence-electron chi connectivity index (χ0n) is 15.1. The van der Waals surface area contributed by atoms with Crippen molar-refractivity contribution in [2.45, 2.75) is 4.90 Å². The van der Waals surface area contributed by atoms with Crippen molar-refractivity contribution in [1.29, 1.82) is 0 Å². The lowest BCUT2D eigenvalue weighted by molar-refractivity contribution is 0.101. The van der Waals surface area contributed by atoms with Gasteiger partial charge in [-0.3, -0.25) is 9.59 Å². The summed E-state index contributed by atoms with van der Waals surface area (Å²) in [6, 6.07) is 21.4. The second kappa shape index (κ2) is 9.44. The van der Waals surface area contributed by atoms with Crippen LogP contribution < -0.4 is 10.1 Å². The smallest absolute Gasteiger partial charge is 0.255 e. The molecule has 0 unspecified atom stereocenters. The maximum Gasteiger partial charge on any atom is 0.255 e. The quantitative estimate of drug-likeness (QED) is 0.407. The Morgan fingerprint density at radius 2 is 1.71 bits per heavy atom. The van der Waals surface area contributed by atoms with Gasteiger partial charge in [-0.2, -0.15) is 0 Å². The number of hydrogen-bond acceptors (Lipinski definition) is 4. The number of methoxy groups -OCH3 is 1. The predicted octanol–water partition coefficient (Wildman–Crippen LogP) is 5.58. The van der Waals surface area contributed by atoms with Gasteiger partial charge in [0, 0.05) is 21.7 Å². The van der Waals surface area contributed by atoms with Crippen molar-refractivity contribution >= 4 is 40.7 Å². The molecule has 1 amide bonds. The largest absolute Gasteiger partial charge is 0.495 e. The first-order chi connectivity index (χ1) is 13.6. The number of benzene rings is 3. The van der Waals surface area contributed by atoms with Gasteiger partial charge in [0.25, 0.3) is 5.91 Å². The molecule has 0 saturated heterocycles. The van der Waals surface area contributed by atoms with Gasteiger partial charge < -0.3 is 10.1 Å². The molecule has 0 heterocycles. The molecule has 6 heteroatoms. The first kappa shape index (κ1) is 20.0. The molecule has 3 rings (SSSR count). The Balaban J connectivity index is 1.64. The van der Waals surface area contributed by atoms with Crippen molar-refractivity contribution in [3.05, 3.63) is 88.9 Å². The Bertz CT molecular complexity index is 992. The Morgan fingerprint density at radius 1 is 0.964 bits per heavy atom. The number of ketones is 1. The number of thioether (sulfide) groups is 1. The van der Waals surface area contributed by atoms with Crippen LogP contribution in [0.2, 0.25) is 5.02 Å². The number of ether oxygens (including phenoxy) is 1. The summed E-state index contributed by atoms with van der Waals surface area (Å²) < 4.78 is 5.11. The highest BCUT2D eigenvalue weighted by molar-refractivity contribution is 8.00. The number of anilines is 1. The monoisotopic (exact) mass is 411 g/mol. The molecule has 0 radical (unpaired) electrons. The average molecular weight is 412 g/mol. The molecule has 3 aromatic carbocycles. The minimum Gasteiger partial charge on any atom is -0.495 e. The molecule has 3 aromatic rings. The lowest BCUT2D eigenvalue weighted by Gasteiger charge is -2.09. The molecule has 0 aliphatic carbocycles. The SMILES string of the molecule is COc1ccc(NC(=O)c2cccc(SCC(=O)c3ccccc3)c2)cc1Cl. The average Bonchev–Trinajstić information content (AvgIpc) is 2.73. The molecular weight excluding hydrogens is 394 g/mol. The highest BCUT2D eigenvalue weighted by Gasteiger charge is 2.10. The van der Waals surface area contributed by atoms with Crippen LogP contribution in [0.5, 0.6) is 5.75 Å². The summed E-state index contributed by atoms with van der Waals surface area (Å²) in [5.41, 5.74) is 1.76. The molecule has 0 atom stereocenters. The molecule has 142 valence electrons. The molecular formula is C22H18ClNO3S. The van der Waals surface area contributed by atoms with Gasteiger partial charge in [0.1, 0.15) is 5.75 Å². The summed E-state index contributed by atoms with van der Waals surface area (Å²) in [7, 11) is 1.53. The fraction of sp³-hybridized carbons (Fsp3) is 0.0909. The second-order valence-corrected chi connectivity index (χ2v) is 7.37. The van der Waals surface area contributed by atoms with Gasteiger partial charge >= 0.3 is 0 Å². The zero-order chi connectivity index (χ0) is 19.9. The van der Waals surface area contributed by atoms with Gasteiger partial charge in [0.15, 0.2) is 5.78 Å². The molecule has 0 spiro atoms. The standard InChI is InChI=1S/C22H18ClNO3S/c1-27-21-11-10-17(13-19(21)23)24-22(26)16-8-5-9-18(12-16)28-14-20(25)15-6-3-2-4-7-15/h2-13H,14H2,1H3,(H,24,26). The topological polar surface area (TPSA) is 55.4 Å². The predicted molar refractivity (Wildman–Crippen MR) is 114 cm³/mol. The summed E-state index contributed by atoms with van der Waals surface area (Å²) in [6.07, 6.45) is 0. The molecule has 28 heavy (non-hydrogen) atoms. The summed E-state index contributed by atoms with van der Waals surface area (Å²) in [6.45, 7) is 0. The Morgan fingerprint density at radius 3 is 2.43 bits per heavy atom. The third kappa shape index (κ3) is 5.15. The summed E-state index contributed by atoms with van der Waals surface area (Å²) in [4.78, 5) is 25.6. The van der Waals surface area contributed by atoms with E-state index in [1.807, 2.05) is 24.3 Å². The molecule has 1 N–H and O–H groups in total. The van der Waals surface area contributed by atoms with Crippen LogP contribution in [0.4, 0.5) is 5.69 Å². The molecule has 0 saturated carbocycles. The normalized spacial score (nSPS) is 10.4. The number of Topliss-reactive ketones (excluding diaryl/α,β-unsaturated/α-hetero) is 1. The molecule has 0 aliphatic rings. The fourth-order valence-electron chi connectivity index (χ4n) is 2.53. The lowest BCUT2D eigenvalue weighted by atomic mass is 10.2. The minimum absolute atomic E-state index is 0.0494. The van der Waals surface area contributed by atoms with Crippen LogP contribution in [0.15, 0.2) is 77.7 Å². The number of amides is 1. The Labute approximate surface area is 172 Å². The third-order valence-electron chi connectivity index (χ3n) is 3.97. The van der Waals surface area contributed by atoms with Gasteiger partial charge in [-0.15, -0.1) is 11.8 Å². The zero-order valence-corrected chi connectivity index (χ0v) is 16.7. The Hall–Kier alpha value is -2.76. The van der Waals surface area contributed by atoms with E-state index in [0.29, 0.717) is 33.3 Å². The molecule has 0 fully saturated rings. The molecule has 0 bridgehead atoms. The van der Waals surface area contributed by atoms with Crippen molar-refractivity contribution < 1.29 is 14.3 Å². The van der Waals surface area contributed by atoms with Crippen molar-refractivity contribution in [3.8, 4) is 5.75 Å². The van der Waals surface area contributed by atoms with E-state index in [0.717, 1.165) is 4.90 Å². The first-order valence-electron chi connectivity index (χ1n) is 8.53. The van der Waals surface area contributed by atoms with Crippen LogP contribution in [0.1, 0.15) is 20.7 Å². The fourth-order valence-corrected chi connectivity index (χ4v) is 3.64. The van der Waals surface area contributed by atoms with E-state index in [1.165, 1.54) is 18.9 Å². The second-order valence-electron chi connectivity index (χ2n) is 5.91. The maximum atomic E-state index is 12.5. The number of carbonyl (C=O) groups excluding carboxylic acids is 2. The summed E-state index contributed by atoms with van der Waals surface area (Å²) in [5.74, 6) is 0.649. The van der Waals surface area contributed by atoms with Gasteiger partial charge in [-0.1, -0.05) is 48.0 Å².